The van der Waals surface area contributed by atoms with Gasteiger partial charge in [-0.15, -0.1) is 0 Å². The third-order valence-electron chi connectivity index (χ3n) is 4.67. The summed E-state index contributed by atoms with van der Waals surface area (Å²) in [5.41, 5.74) is 2.21. The second kappa shape index (κ2) is 6.07. The van der Waals surface area contributed by atoms with E-state index in [1.807, 2.05) is 10.9 Å². The molecule has 3 aromatic rings. The second-order valence-electron chi connectivity index (χ2n) is 6.35. The van der Waals surface area contributed by atoms with Crippen molar-refractivity contribution in [3.8, 4) is 5.69 Å². The van der Waals surface area contributed by atoms with Crippen molar-refractivity contribution in [2.24, 2.45) is 0 Å². The molecule has 0 N–H and O–H groups in total. The topological polar surface area (TPSA) is 64.7 Å². The summed E-state index contributed by atoms with van der Waals surface area (Å²) in [4.78, 5) is 6.62. The van der Waals surface area contributed by atoms with E-state index in [0.29, 0.717) is 6.04 Å². The minimum Gasteiger partial charge on any atom is -0.337 e. The smallest absolute Gasteiger partial charge is 0.250 e. The van der Waals surface area contributed by atoms with E-state index in [-0.39, 0.29) is 0 Å². The minimum absolute atomic E-state index is 0.407. The average molecular weight is 323 g/mol. The monoisotopic (exact) mass is 323 g/mol. The van der Waals surface area contributed by atoms with Crippen molar-refractivity contribution in [2.75, 3.05) is 18.0 Å². The van der Waals surface area contributed by atoms with E-state index in [1.165, 1.54) is 5.56 Å². The van der Waals surface area contributed by atoms with Crippen LogP contribution in [0.1, 0.15) is 30.3 Å². The van der Waals surface area contributed by atoms with Gasteiger partial charge in [-0.2, -0.15) is 4.68 Å². The molecule has 124 valence electrons. The summed E-state index contributed by atoms with van der Waals surface area (Å²) in [7, 11) is 0. The fourth-order valence-corrected chi connectivity index (χ4v) is 3.37. The second-order valence-corrected chi connectivity index (χ2v) is 6.35. The number of piperidine rings is 1. The zero-order chi connectivity index (χ0) is 16.5. The molecule has 1 fully saturated rings. The van der Waals surface area contributed by atoms with E-state index < -0.39 is 0 Å². The Balaban J connectivity index is 1.61. The highest BCUT2D eigenvalue weighted by molar-refractivity contribution is 5.42. The fourth-order valence-electron chi connectivity index (χ4n) is 3.37. The summed E-state index contributed by atoms with van der Waals surface area (Å²) in [6, 6.07) is 8.67. The summed E-state index contributed by atoms with van der Waals surface area (Å²) in [5, 5.41) is 12.4. The van der Waals surface area contributed by atoms with E-state index in [4.69, 9.17) is 0 Å². The van der Waals surface area contributed by atoms with Crippen LogP contribution in [0.2, 0.25) is 0 Å². The number of aryl methyl sites for hydroxylation is 2. The third kappa shape index (κ3) is 2.66. The quantitative estimate of drug-likeness (QED) is 0.740. The lowest BCUT2D eigenvalue weighted by molar-refractivity contribution is 0.394. The van der Waals surface area contributed by atoms with Crippen molar-refractivity contribution in [1.29, 1.82) is 0 Å². The summed E-state index contributed by atoms with van der Waals surface area (Å²) >= 11 is 0. The van der Waals surface area contributed by atoms with Crippen molar-refractivity contribution in [3.05, 3.63) is 48.0 Å². The summed E-state index contributed by atoms with van der Waals surface area (Å²) in [5.74, 6) is 1.86. The first-order chi connectivity index (χ1) is 11.7. The Morgan fingerprint density at radius 2 is 1.96 bits per heavy atom. The molecule has 0 saturated carbocycles. The molecule has 1 aromatic carbocycles. The highest BCUT2D eigenvalue weighted by Crippen LogP contribution is 2.26. The zero-order valence-electron chi connectivity index (χ0n) is 14.0. The molecule has 1 aliphatic heterocycles. The lowest BCUT2D eigenvalue weighted by atomic mass is 10.1. The van der Waals surface area contributed by atoms with Crippen LogP contribution < -0.4 is 4.90 Å². The fraction of sp³-hybridized carbons (Fsp3) is 0.412. The molecule has 1 atom stereocenters. The maximum absolute atomic E-state index is 4.35. The molecule has 24 heavy (non-hydrogen) atoms. The lowest BCUT2D eigenvalue weighted by Crippen LogP contribution is -2.38. The first kappa shape index (κ1) is 14.9. The van der Waals surface area contributed by atoms with Gasteiger partial charge in [-0.1, -0.05) is 22.8 Å². The SMILES string of the molecule is Cc1ccc(-n2nnnc2N2CCCC(n3ccnc3C)C2)cc1. The van der Waals surface area contributed by atoms with Crippen LogP contribution in [0.25, 0.3) is 5.69 Å². The summed E-state index contributed by atoms with van der Waals surface area (Å²) in [6.07, 6.45) is 6.19. The van der Waals surface area contributed by atoms with Gasteiger partial charge in [-0.3, -0.25) is 0 Å². The number of anilines is 1. The van der Waals surface area contributed by atoms with Crippen molar-refractivity contribution in [3.63, 3.8) is 0 Å². The van der Waals surface area contributed by atoms with Crippen molar-refractivity contribution >= 4 is 5.95 Å². The largest absolute Gasteiger partial charge is 0.337 e. The number of aromatic nitrogens is 6. The van der Waals surface area contributed by atoms with Gasteiger partial charge in [0.1, 0.15) is 5.82 Å². The Kier molecular flexibility index (Phi) is 3.76. The zero-order valence-corrected chi connectivity index (χ0v) is 14.0. The first-order valence-electron chi connectivity index (χ1n) is 8.32. The van der Waals surface area contributed by atoms with E-state index >= 15 is 0 Å². The average Bonchev–Trinajstić information content (AvgIpc) is 3.25. The molecular weight excluding hydrogens is 302 g/mol. The maximum atomic E-state index is 4.35. The molecule has 1 saturated heterocycles. The highest BCUT2D eigenvalue weighted by Gasteiger charge is 2.26. The molecule has 4 rings (SSSR count). The molecular formula is C17H21N7. The Morgan fingerprint density at radius 1 is 1.12 bits per heavy atom. The molecule has 7 nitrogen and oxygen atoms in total. The van der Waals surface area contributed by atoms with Crippen LogP contribution in [0.3, 0.4) is 0 Å². The van der Waals surface area contributed by atoms with Gasteiger partial charge in [0.05, 0.1) is 11.7 Å². The summed E-state index contributed by atoms with van der Waals surface area (Å²) < 4.78 is 4.08. The number of benzene rings is 1. The number of hydrogen-bond donors (Lipinski definition) is 0. The maximum Gasteiger partial charge on any atom is 0.250 e. The molecule has 0 radical (unpaired) electrons. The van der Waals surface area contributed by atoms with E-state index in [2.05, 4.69) is 74.3 Å². The number of hydrogen-bond acceptors (Lipinski definition) is 5. The van der Waals surface area contributed by atoms with E-state index in [1.54, 1.807) is 0 Å². The minimum atomic E-state index is 0.407. The van der Waals surface area contributed by atoms with E-state index in [0.717, 1.165) is 43.4 Å². The molecule has 0 spiro atoms. The Morgan fingerprint density at radius 3 is 2.71 bits per heavy atom. The predicted octanol–water partition coefficient (Wildman–Crippen LogP) is 2.32. The molecule has 0 amide bonds. The van der Waals surface area contributed by atoms with Gasteiger partial charge in [0.2, 0.25) is 5.95 Å². The molecule has 2 aromatic heterocycles. The number of nitrogens with zero attached hydrogens (tertiary/aromatic N) is 7. The van der Waals surface area contributed by atoms with Gasteiger partial charge in [-0.25, -0.2) is 4.98 Å². The van der Waals surface area contributed by atoms with Crippen LogP contribution in [0.5, 0.6) is 0 Å². The van der Waals surface area contributed by atoms with Gasteiger partial charge < -0.3 is 9.47 Å². The van der Waals surface area contributed by atoms with Crippen LogP contribution in [-0.4, -0.2) is 42.8 Å². The van der Waals surface area contributed by atoms with Crippen LogP contribution in [0.4, 0.5) is 5.95 Å². The molecule has 1 aliphatic rings. The standard InChI is InChI=1S/C17H21N7/c1-13-5-7-15(8-6-13)24-17(19-20-21-24)22-10-3-4-16(12-22)23-11-9-18-14(23)2/h5-9,11,16H,3-4,10,12H2,1-2H3. The third-order valence-corrected chi connectivity index (χ3v) is 4.67. The molecule has 3 heterocycles. The van der Waals surface area contributed by atoms with E-state index in [9.17, 15) is 0 Å². The van der Waals surface area contributed by atoms with Gasteiger partial charge in [0.25, 0.3) is 0 Å². The normalized spacial score (nSPS) is 18.1. The van der Waals surface area contributed by atoms with Crippen LogP contribution in [0.15, 0.2) is 36.7 Å². The Labute approximate surface area is 140 Å². The first-order valence-corrected chi connectivity index (χ1v) is 8.32. The number of tetrazole rings is 1. The van der Waals surface area contributed by atoms with Gasteiger partial charge in [0, 0.05) is 25.5 Å². The predicted molar refractivity (Wildman–Crippen MR) is 91.3 cm³/mol. The van der Waals surface area contributed by atoms with Gasteiger partial charge >= 0.3 is 0 Å². The van der Waals surface area contributed by atoms with Crippen LogP contribution in [-0.2, 0) is 0 Å². The molecule has 1 unspecified atom stereocenters. The molecule has 7 heteroatoms. The van der Waals surface area contributed by atoms with Crippen molar-refractivity contribution in [2.45, 2.75) is 32.7 Å². The van der Waals surface area contributed by atoms with Crippen LogP contribution in [0, 0.1) is 13.8 Å². The summed E-state index contributed by atoms with van der Waals surface area (Å²) in [6.45, 7) is 5.99. The Hall–Kier alpha value is -2.70. The van der Waals surface area contributed by atoms with Crippen molar-refractivity contribution in [1.82, 2.24) is 29.8 Å². The van der Waals surface area contributed by atoms with Crippen molar-refractivity contribution < 1.29 is 0 Å². The number of imidazole rings is 1. The number of rotatable bonds is 3. The van der Waals surface area contributed by atoms with Gasteiger partial charge in [0.15, 0.2) is 0 Å². The lowest BCUT2D eigenvalue weighted by Gasteiger charge is -2.34. The van der Waals surface area contributed by atoms with Crippen LogP contribution >= 0.6 is 0 Å². The molecule has 0 aliphatic carbocycles. The molecule has 0 bridgehead atoms. The highest BCUT2D eigenvalue weighted by atomic mass is 15.6. The Bertz CT molecular complexity index is 818. The van der Waals surface area contributed by atoms with Gasteiger partial charge in [-0.05, 0) is 49.2 Å².